The summed E-state index contributed by atoms with van der Waals surface area (Å²) in [6, 6.07) is 17.4. The van der Waals surface area contributed by atoms with E-state index in [1.54, 1.807) is 37.7 Å². The van der Waals surface area contributed by atoms with Crippen molar-refractivity contribution in [2.24, 2.45) is 4.99 Å². The molecule has 0 radical (unpaired) electrons. The summed E-state index contributed by atoms with van der Waals surface area (Å²) in [5, 5.41) is 2.30. The summed E-state index contributed by atoms with van der Waals surface area (Å²) in [6.07, 6.45) is 1.90. The average Bonchev–Trinajstić information content (AvgIpc) is 3.49. The number of ether oxygens (including phenoxy) is 3. The van der Waals surface area contributed by atoms with Gasteiger partial charge in [0.25, 0.3) is 5.56 Å². The molecule has 10 heteroatoms. The average molecular weight is 675 g/mol. The van der Waals surface area contributed by atoms with Gasteiger partial charge in [-0.3, -0.25) is 9.36 Å². The van der Waals surface area contributed by atoms with Crippen molar-refractivity contribution >= 4 is 61.1 Å². The molecule has 6 rings (SSSR count). The van der Waals surface area contributed by atoms with Crippen LogP contribution in [-0.2, 0) is 16.1 Å². The van der Waals surface area contributed by atoms with Gasteiger partial charge >= 0.3 is 5.97 Å². The number of thiazole rings is 1. The molecule has 3 heterocycles. The second kappa shape index (κ2) is 12.1. The van der Waals surface area contributed by atoms with Crippen molar-refractivity contribution in [3.8, 4) is 11.5 Å². The molecule has 3 aromatic carbocycles. The minimum Gasteiger partial charge on any atom is -0.493 e. The summed E-state index contributed by atoms with van der Waals surface area (Å²) in [5.74, 6) is 0.520. The largest absolute Gasteiger partial charge is 0.493 e. The van der Waals surface area contributed by atoms with E-state index in [1.165, 1.54) is 22.2 Å². The van der Waals surface area contributed by atoms with Crippen LogP contribution in [0.15, 0.2) is 80.1 Å². The Morgan fingerprint density at radius 1 is 1.02 bits per heavy atom. The third-order valence-corrected chi connectivity index (χ3v) is 9.47. The number of carbonyl (C=O) groups is 1. The van der Waals surface area contributed by atoms with E-state index in [0.29, 0.717) is 48.7 Å². The monoisotopic (exact) mass is 673 g/mol. The highest BCUT2D eigenvalue weighted by molar-refractivity contribution is 9.10. The van der Waals surface area contributed by atoms with Gasteiger partial charge in [0.05, 0.1) is 42.2 Å². The Balaban J connectivity index is 1.56. The van der Waals surface area contributed by atoms with Gasteiger partial charge in [-0.25, -0.2) is 9.79 Å². The number of halogens is 1. The van der Waals surface area contributed by atoms with Gasteiger partial charge in [0.1, 0.15) is 0 Å². The quantitative estimate of drug-likeness (QED) is 0.186. The first-order valence-electron chi connectivity index (χ1n) is 14.5. The van der Waals surface area contributed by atoms with Crippen LogP contribution >= 0.6 is 27.3 Å². The number of allylic oxidation sites excluding steroid dienone is 1. The van der Waals surface area contributed by atoms with E-state index in [0.717, 1.165) is 23.0 Å². The Labute approximate surface area is 266 Å². The maximum absolute atomic E-state index is 14.2. The van der Waals surface area contributed by atoms with Crippen molar-refractivity contribution in [3.63, 3.8) is 0 Å². The third kappa shape index (κ3) is 4.95. The summed E-state index contributed by atoms with van der Waals surface area (Å²) in [6.45, 7) is 9.06. The Bertz CT molecular complexity index is 2160. The van der Waals surface area contributed by atoms with Crippen LogP contribution < -0.4 is 24.4 Å². The second-order valence-electron chi connectivity index (χ2n) is 10.3. The Morgan fingerprint density at radius 2 is 1.80 bits per heavy atom. The number of methoxy groups -OCH3 is 1. The van der Waals surface area contributed by atoms with Crippen molar-refractivity contribution in [1.82, 2.24) is 9.13 Å². The fourth-order valence-corrected chi connectivity index (χ4v) is 7.51. The van der Waals surface area contributed by atoms with Crippen LogP contribution in [0.5, 0.6) is 11.5 Å². The minimum atomic E-state index is -0.795. The molecule has 0 aliphatic carbocycles. The zero-order valence-corrected chi connectivity index (χ0v) is 27.5. The molecule has 5 aromatic rings. The fourth-order valence-electron chi connectivity index (χ4n) is 5.93. The minimum absolute atomic E-state index is 0.192. The number of nitrogens with zero attached hydrogens (tertiary/aromatic N) is 3. The molecular weight excluding hydrogens is 642 g/mol. The highest BCUT2D eigenvalue weighted by Gasteiger charge is 2.35. The Kier molecular flexibility index (Phi) is 8.22. The van der Waals surface area contributed by atoms with Crippen LogP contribution in [0.4, 0.5) is 0 Å². The molecule has 0 spiro atoms. The van der Waals surface area contributed by atoms with Crippen molar-refractivity contribution in [2.75, 3.05) is 20.3 Å². The van der Waals surface area contributed by atoms with Gasteiger partial charge in [0, 0.05) is 32.8 Å². The normalized spacial score (nSPS) is 15.0. The first-order valence-corrected chi connectivity index (χ1v) is 16.1. The number of benzene rings is 3. The highest BCUT2D eigenvalue weighted by atomic mass is 79.9. The third-order valence-electron chi connectivity index (χ3n) is 7.80. The molecule has 0 saturated carbocycles. The number of carbonyl (C=O) groups excluding carboxylic acids is 1. The van der Waals surface area contributed by atoms with Gasteiger partial charge in [-0.05, 0) is 75.2 Å². The number of fused-ring (bicyclic) bond motifs is 4. The van der Waals surface area contributed by atoms with E-state index in [1.807, 2.05) is 25.1 Å². The molecule has 8 nitrogen and oxygen atoms in total. The number of aromatic nitrogens is 2. The van der Waals surface area contributed by atoms with Crippen LogP contribution in [0.3, 0.4) is 0 Å². The predicted molar refractivity (Wildman–Crippen MR) is 177 cm³/mol. The lowest BCUT2D eigenvalue weighted by Gasteiger charge is -2.26. The Hall–Kier alpha value is -4.15. The van der Waals surface area contributed by atoms with Crippen molar-refractivity contribution in [1.29, 1.82) is 0 Å². The Morgan fingerprint density at radius 3 is 2.52 bits per heavy atom. The topological polar surface area (TPSA) is 84.1 Å². The molecule has 0 amide bonds. The standard InChI is InChI=1S/C34H32BrN3O5S/c1-6-37-25-12-10-9-11-21(25)22-15-20(13-14-26(22)37)16-29-32(39)38-31(23-17-27(41-5)28(42-7-2)18-24(23)35)30(33(40)43-8-3)19(4)36-34(38)44-29/h9-18,31H,6-8H2,1-5H3/b29-16+/t31-/m1/s1. The van der Waals surface area contributed by atoms with Crippen LogP contribution in [-0.4, -0.2) is 35.4 Å². The maximum atomic E-state index is 14.2. The van der Waals surface area contributed by atoms with E-state index in [2.05, 4.69) is 57.8 Å². The predicted octanol–water partition coefficient (Wildman–Crippen LogP) is 6.10. The van der Waals surface area contributed by atoms with Crippen molar-refractivity contribution < 1.29 is 19.0 Å². The van der Waals surface area contributed by atoms with Crippen LogP contribution in [0.2, 0.25) is 0 Å². The molecule has 0 unspecified atom stereocenters. The maximum Gasteiger partial charge on any atom is 0.338 e. The first-order chi connectivity index (χ1) is 21.3. The summed E-state index contributed by atoms with van der Waals surface area (Å²) in [4.78, 5) is 32.8. The molecule has 0 fully saturated rings. The van der Waals surface area contributed by atoms with Gasteiger partial charge < -0.3 is 18.8 Å². The number of para-hydroxylation sites is 1. The molecule has 1 aliphatic rings. The van der Waals surface area contributed by atoms with Crippen LogP contribution in [0, 0.1) is 0 Å². The lowest BCUT2D eigenvalue weighted by atomic mass is 9.95. The van der Waals surface area contributed by atoms with Crippen molar-refractivity contribution in [2.45, 2.75) is 40.3 Å². The van der Waals surface area contributed by atoms with Gasteiger partial charge in [-0.15, -0.1) is 0 Å². The molecule has 0 N–H and O–H groups in total. The molecule has 2 aromatic heterocycles. The van der Waals surface area contributed by atoms with Gasteiger partial charge in [-0.1, -0.05) is 51.5 Å². The van der Waals surface area contributed by atoms with Crippen LogP contribution in [0.1, 0.15) is 44.9 Å². The number of hydrogen-bond acceptors (Lipinski definition) is 7. The summed E-state index contributed by atoms with van der Waals surface area (Å²) in [5.41, 5.74) is 4.44. The molecule has 0 saturated heterocycles. The second-order valence-corrected chi connectivity index (χ2v) is 12.2. The first kappa shape index (κ1) is 29.9. The van der Waals surface area contributed by atoms with Crippen molar-refractivity contribution in [3.05, 3.63) is 101 Å². The van der Waals surface area contributed by atoms with Gasteiger partial charge in [-0.2, -0.15) is 0 Å². The number of esters is 1. The summed E-state index contributed by atoms with van der Waals surface area (Å²) < 4.78 is 21.9. The smallest absolute Gasteiger partial charge is 0.338 e. The molecule has 44 heavy (non-hydrogen) atoms. The van der Waals surface area contributed by atoms with E-state index in [-0.39, 0.29) is 12.2 Å². The molecular formula is C34H32BrN3O5S. The molecule has 0 bridgehead atoms. The molecule has 226 valence electrons. The summed E-state index contributed by atoms with van der Waals surface area (Å²) in [7, 11) is 1.56. The van der Waals surface area contributed by atoms with E-state index in [9.17, 15) is 9.59 Å². The SMILES string of the molecule is CCOC(=O)C1=C(C)N=c2s/c(=C/c3ccc4c(c3)c3ccccc3n4CC)c(=O)n2[C@@H]1c1cc(OC)c(OCC)cc1Br. The van der Waals surface area contributed by atoms with Gasteiger partial charge in [0.15, 0.2) is 16.3 Å². The fraction of sp³-hybridized carbons (Fsp3) is 0.265. The lowest BCUT2D eigenvalue weighted by Crippen LogP contribution is -2.40. The highest BCUT2D eigenvalue weighted by Crippen LogP contribution is 2.41. The zero-order valence-electron chi connectivity index (χ0n) is 25.1. The lowest BCUT2D eigenvalue weighted by molar-refractivity contribution is -0.139. The number of aryl methyl sites for hydroxylation is 1. The van der Waals surface area contributed by atoms with Crippen LogP contribution in [0.25, 0.3) is 27.9 Å². The summed E-state index contributed by atoms with van der Waals surface area (Å²) >= 11 is 4.97. The zero-order chi connectivity index (χ0) is 31.1. The van der Waals surface area contributed by atoms with Gasteiger partial charge in [0.2, 0.25) is 0 Å². The van der Waals surface area contributed by atoms with E-state index < -0.39 is 12.0 Å². The van der Waals surface area contributed by atoms with E-state index >= 15 is 0 Å². The van der Waals surface area contributed by atoms with E-state index in [4.69, 9.17) is 19.2 Å². The molecule has 1 atom stereocenters. The molecule has 1 aliphatic heterocycles. The number of hydrogen-bond donors (Lipinski definition) is 0. The number of rotatable bonds is 8.